The van der Waals surface area contributed by atoms with Gasteiger partial charge in [-0.25, -0.2) is 0 Å². The average molecular weight is 383 g/mol. The van der Waals surface area contributed by atoms with Crippen LogP contribution < -0.4 is 15.5 Å². The van der Waals surface area contributed by atoms with Crippen LogP contribution in [0.15, 0.2) is 41.3 Å². The maximum Gasteiger partial charge on any atom is 0.237 e. The van der Waals surface area contributed by atoms with Gasteiger partial charge < -0.3 is 15.0 Å². The van der Waals surface area contributed by atoms with E-state index in [1.54, 1.807) is 24.3 Å². The number of pyridine rings is 1. The summed E-state index contributed by atoms with van der Waals surface area (Å²) in [6.45, 7) is 2.40. The number of hydrogen-bond acceptors (Lipinski definition) is 4. The zero-order valence-corrected chi connectivity index (χ0v) is 15.3. The lowest BCUT2D eigenvalue weighted by atomic mass is 10.3. The maximum atomic E-state index is 12.1. The minimum atomic E-state index is -1.46. The third-order valence-electron chi connectivity index (χ3n) is 3.12. The van der Waals surface area contributed by atoms with Crippen molar-refractivity contribution in [3.05, 3.63) is 57.5 Å². The van der Waals surface area contributed by atoms with Crippen LogP contribution in [0.4, 0.5) is 5.69 Å². The normalized spacial score (nSPS) is 11.8. The van der Waals surface area contributed by atoms with E-state index in [2.05, 4.69) is 10.3 Å². The number of aromatic amines is 1. The Morgan fingerprint density at radius 3 is 2.84 bits per heavy atom. The van der Waals surface area contributed by atoms with Crippen LogP contribution in [0.1, 0.15) is 19.0 Å². The van der Waals surface area contributed by atoms with E-state index in [1.165, 1.54) is 12.3 Å². The highest BCUT2D eigenvalue weighted by molar-refractivity contribution is 7.84. The fourth-order valence-corrected chi connectivity index (χ4v) is 3.21. The SMILES string of the molecule is CCCOc1c[nH]c(CS(=O)CC(=O)Nc2cccc(Cl)c2)cc1=O. The van der Waals surface area contributed by atoms with E-state index < -0.39 is 10.8 Å². The van der Waals surface area contributed by atoms with Gasteiger partial charge in [0.05, 0.1) is 12.4 Å². The minimum absolute atomic E-state index is 0.0757. The molecule has 1 unspecified atom stereocenters. The summed E-state index contributed by atoms with van der Waals surface area (Å²) in [5.41, 5.74) is 0.755. The molecule has 1 heterocycles. The number of anilines is 1. The molecule has 2 N–H and O–H groups in total. The van der Waals surface area contributed by atoms with Crippen molar-refractivity contribution in [1.29, 1.82) is 0 Å². The number of H-pyrrole nitrogens is 1. The second-order valence-electron chi connectivity index (χ2n) is 5.32. The number of halogens is 1. The van der Waals surface area contributed by atoms with Gasteiger partial charge in [-0.15, -0.1) is 0 Å². The molecule has 1 amide bonds. The van der Waals surface area contributed by atoms with Crippen LogP contribution in [0.5, 0.6) is 5.75 Å². The van der Waals surface area contributed by atoms with E-state index in [0.717, 1.165) is 6.42 Å². The predicted molar refractivity (Wildman–Crippen MR) is 99.6 cm³/mol. The molecule has 0 bridgehead atoms. The van der Waals surface area contributed by atoms with Crippen molar-refractivity contribution in [3.8, 4) is 5.75 Å². The van der Waals surface area contributed by atoms with Gasteiger partial charge in [0.2, 0.25) is 11.3 Å². The Morgan fingerprint density at radius 2 is 2.16 bits per heavy atom. The Hall–Kier alpha value is -2.12. The van der Waals surface area contributed by atoms with E-state index in [4.69, 9.17) is 16.3 Å². The van der Waals surface area contributed by atoms with Crippen molar-refractivity contribution in [1.82, 2.24) is 4.98 Å². The topological polar surface area (TPSA) is 88.3 Å². The van der Waals surface area contributed by atoms with Crippen LogP contribution in [0.3, 0.4) is 0 Å². The molecule has 2 aromatic rings. The van der Waals surface area contributed by atoms with Crippen molar-refractivity contribution in [2.75, 3.05) is 17.7 Å². The summed E-state index contributed by atoms with van der Waals surface area (Å²) in [7, 11) is -1.46. The third kappa shape index (κ3) is 6.36. The van der Waals surface area contributed by atoms with Crippen molar-refractivity contribution in [2.45, 2.75) is 19.1 Å². The number of hydrogen-bond donors (Lipinski definition) is 2. The van der Waals surface area contributed by atoms with E-state index in [0.29, 0.717) is 23.0 Å². The smallest absolute Gasteiger partial charge is 0.237 e. The number of ether oxygens (including phenoxy) is 1. The van der Waals surface area contributed by atoms with Gasteiger partial charge in [-0.2, -0.15) is 0 Å². The van der Waals surface area contributed by atoms with Gasteiger partial charge in [-0.1, -0.05) is 24.6 Å². The van der Waals surface area contributed by atoms with Crippen LogP contribution in [0.2, 0.25) is 5.02 Å². The molecule has 0 aliphatic carbocycles. The lowest BCUT2D eigenvalue weighted by Gasteiger charge is -2.07. The van der Waals surface area contributed by atoms with Gasteiger partial charge in [0.25, 0.3) is 0 Å². The number of benzene rings is 1. The molecule has 0 saturated carbocycles. The van der Waals surface area contributed by atoms with Crippen molar-refractivity contribution in [3.63, 3.8) is 0 Å². The quantitative estimate of drug-likeness (QED) is 0.734. The highest BCUT2D eigenvalue weighted by Crippen LogP contribution is 2.14. The van der Waals surface area contributed by atoms with Gasteiger partial charge in [-0.3, -0.25) is 13.8 Å². The van der Waals surface area contributed by atoms with Gasteiger partial charge in [0.15, 0.2) is 5.75 Å². The van der Waals surface area contributed by atoms with E-state index >= 15 is 0 Å². The minimum Gasteiger partial charge on any atom is -0.488 e. The molecule has 1 atom stereocenters. The molecule has 134 valence electrons. The molecule has 0 aliphatic rings. The molecule has 0 spiro atoms. The Bertz CT molecular complexity index is 822. The first kappa shape index (κ1) is 19.2. The number of nitrogens with one attached hydrogen (secondary N) is 2. The summed E-state index contributed by atoms with van der Waals surface area (Å²) < 4.78 is 17.4. The van der Waals surface area contributed by atoms with Crippen LogP contribution in [-0.2, 0) is 21.3 Å². The van der Waals surface area contributed by atoms with E-state index in [9.17, 15) is 13.8 Å². The predicted octanol–water partition coefficient (Wildman–Crippen LogP) is 2.70. The van der Waals surface area contributed by atoms with Crippen molar-refractivity contribution < 1.29 is 13.7 Å². The molecule has 0 fully saturated rings. The lowest BCUT2D eigenvalue weighted by molar-refractivity contribution is -0.113. The molecular weight excluding hydrogens is 364 g/mol. The fraction of sp³-hybridized carbons (Fsp3) is 0.294. The summed E-state index contributed by atoms with van der Waals surface area (Å²) in [6.07, 6.45) is 2.25. The Morgan fingerprint density at radius 1 is 1.36 bits per heavy atom. The summed E-state index contributed by atoms with van der Waals surface area (Å²) >= 11 is 5.85. The number of carbonyl (C=O) groups is 1. The standard InChI is InChI=1S/C17H19ClN2O4S/c1-2-6-24-16-9-19-14(8-15(16)21)10-25(23)11-17(22)20-13-5-3-4-12(18)7-13/h3-5,7-9H,2,6,10-11H2,1H3,(H,19,21)(H,20,22). The largest absolute Gasteiger partial charge is 0.488 e. The van der Waals surface area contributed by atoms with Crippen LogP contribution >= 0.6 is 11.6 Å². The molecule has 0 radical (unpaired) electrons. The second-order valence-corrected chi connectivity index (χ2v) is 7.22. The Balaban J connectivity index is 1.90. The second kappa shape index (κ2) is 9.39. The molecule has 0 saturated heterocycles. The summed E-state index contributed by atoms with van der Waals surface area (Å²) in [5, 5.41) is 3.14. The molecule has 8 heteroatoms. The summed E-state index contributed by atoms with van der Waals surface area (Å²) in [4.78, 5) is 26.7. The fourth-order valence-electron chi connectivity index (χ4n) is 2.04. The van der Waals surface area contributed by atoms with E-state index in [1.807, 2.05) is 6.92 Å². The number of rotatable bonds is 8. The molecular formula is C17H19ClN2O4S. The highest BCUT2D eigenvalue weighted by Gasteiger charge is 2.11. The first-order chi connectivity index (χ1) is 12.0. The maximum absolute atomic E-state index is 12.1. The van der Waals surface area contributed by atoms with Gasteiger partial charge in [-0.05, 0) is 24.6 Å². The zero-order chi connectivity index (χ0) is 18.2. The van der Waals surface area contributed by atoms with Crippen molar-refractivity contribution in [2.24, 2.45) is 0 Å². The first-order valence-corrected chi connectivity index (χ1v) is 9.59. The third-order valence-corrected chi connectivity index (χ3v) is 4.57. The zero-order valence-electron chi connectivity index (χ0n) is 13.7. The Kier molecular flexibility index (Phi) is 7.21. The first-order valence-electron chi connectivity index (χ1n) is 7.72. The van der Waals surface area contributed by atoms with Gasteiger partial charge in [0, 0.05) is 39.5 Å². The summed E-state index contributed by atoms with van der Waals surface area (Å²) in [5.74, 6) is -0.254. The van der Waals surface area contributed by atoms with Gasteiger partial charge in [0.1, 0.15) is 5.75 Å². The number of aromatic nitrogens is 1. The van der Waals surface area contributed by atoms with Crippen LogP contribution in [0, 0.1) is 0 Å². The van der Waals surface area contributed by atoms with E-state index in [-0.39, 0.29) is 28.6 Å². The van der Waals surface area contributed by atoms with Crippen molar-refractivity contribution >= 4 is 34.0 Å². The Labute approximate surface area is 153 Å². The number of carbonyl (C=O) groups excluding carboxylic acids is 1. The van der Waals surface area contributed by atoms with Crippen LogP contribution in [0.25, 0.3) is 0 Å². The molecule has 1 aromatic heterocycles. The molecule has 1 aromatic carbocycles. The summed E-state index contributed by atoms with van der Waals surface area (Å²) in [6, 6.07) is 8.05. The highest BCUT2D eigenvalue weighted by atomic mass is 35.5. The lowest BCUT2D eigenvalue weighted by Crippen LogP contribution is -2.21. The monoisotopic (exact) mass is 382 g/mol. The van der Waals surface area contributed by atoms with Gasteiger partial charge >= 0.3 is 0 Å². The molecule has 6 nitrogen and oxygen atoms in total. The average Bonchev–Trinajstić information content (AvgIpc) is 2.53. The molecule has 2 rings (SSSR count). The molecule has 25 heavy (non-hydrogen) atoms. The molecule has 0 aliphatic heterocycles. The number of amides is 1. The van der Waals surface area contributed by atoms with Crippen LogP contribution in [-0.4, -0.2) is 27.5 Å².